The number of hydrogen-bond donors (Lipinski definition) is 1. The van der Waals surface area contributed by atoms with Crippen LogP contribution < -0.4 is 5.32 Å². The summed E-state index contributed by atoms with van der Waals surface area (Å²) in [6, 6.07) is 6.19. The summed E-state index contributed by atoms with van der Waals surface area (Å²) in [6.07, 6.45) is 5.50. The molecule has 0 aliphatic carbocycles. The number of carbonyl (C=O) groups is 2. The molecule has 8 heteroatoms. The number of halogens is 1. The van der Waals surface area contributed by atoms with Crippen molar-refractivity contribution in [2.45, 2.75) is 46.0 Å². The van der Waals surface area contributed by atoms with Gasteiger partial charge in [-0.05, 0) is 75.9 Å². The molecule has 2 fully saturated rings. The molecule has 0 unspecified atom stereocenters. The van der Waals surface area contributed by atoms with Gasteiger partial charge in [-0.1, -0.05) is 13.3 Å². The summed E-state index contributed by atoms with van der Waals surface area (Å²) in [6.45, 7) is 9.09. The molecule has 2 aromatic rings. The zero-order valence-corrected chi connectivity index (χ0v) is 21.0. The van der Waals surface area contributed by atoms with Crippen LogP contribution in [0.2, 0.25) is 0 Å². The summed E-state index contributed by atoms with van der Waals surface area (Å²) < 4.78 is 13.2. The Hall–Kier alpha value is -2.32. The number of aromatic nitrogens is 1. The van der Waals surface area contributed by atoms with Crippen LogP contribution in [0.3, 0.4) is 0 Å². The van der Waals surface area contributed by atoms with Crippen LogP contribution in [0.4, 0.5) is 4.39 Å². The number of aryl methyl sites for hydroxylation is 1. The van der Waals surface area contributed by atoms with Crippen LogP contribution >= 0.6 is 11.3 Å². The molecule has 1 N–H and O–H groups in total. The van der Waals surface area contributed by atoms with Crippen molar-refractivity contribution in [1.82, 2.24) is 20.1 Å². The molecule has 2 aliphatic heterocycles. The predicted molar refractivity (Wildman–Crippen MR) is 133 cm³/mol. The average Bonchev–Trinajstić information content (AvgIpc) is 3.25. The first kappa shape index (κ1) is 24.8. The topological polar surface area (TPSA) is 65.5 Å². The van der Waals surface area contributed by atoms with Crippen LogP contribution in [-0.2, 0) is 4.79 Å². The van der Waals surface area contributed by atoms with E-state index in [0.717, 1.165) is 43.0 Å². The van der Waals surface area contributed by atoms with Gasteiger partial charge in [-0.15, -0.1) is 11.3 Å². The first-order valence-corrected chi connectivity index (χ1v) is 13.3. The van der Waals surface area contributed by atoms with Crippen LogP contribution in [-0.4, -0.2) is 65.9 Å². The van der Waals surface area contributed by atoms with E-state index in [1.54, 1.807) is 12.1 Å². The van der Waals surface area contributed by atoms with Crippen LogP contribution in [0.25, 0.3) is 10.6 Å². The maximum absolute atomic E-state index is 13.2. The van der Waals surface area contributed by atoms with Gasteiger partial charge in [0.15, 0.2) is 0 Å². The molecule has 34 heavy (non-hydrogen) atoms. The number of thiazole rings is 1. The van der Waals surface area contributed by atoms with Gasteiger partial charge in [0.2, 0.25) is 5.91 Å². The van der Waals surface area contributed by atoms with E-state index in [2.05, 4.69) is 15.2 Å². The molecule has 0 bridgehead atoms. The largest absolute Gasteiger partial charge is 0.355 e. The zero-order chi connectivity index (χ0) is 24.1. The van der Waals surface area contributed by atoms with E-state index in [-0.39, 0.29) is 29.5 Å². The van der Waals surface area contributed by atoms with Crippen molar-refractivity contribution in [2.24, 2.45) is 11.8 Å². The van der Waals surface area contributed by atoms with Gasteiger partial charge in [0, 0.05) is 37.7 Å². The lowest BCUT2D eigenvalue weighted by molar-refractivity contribution is -0.126. The van der Waals surface area contributed by atoms with Crippen LogP contribution in [0.15, 0.2) is 24.3 Å². The summed E-state index contributed by atoms with van der Waals surface area (Å²) in [7, 11) is 0. The number of rotatable bonds is 7. The predicted octanol–water partition coefficient (Wildman–Crippen LogP) is 4.35. The van der Waals surface area contributed by atoms with Gasteiger partial charge in [-0.25, -0.2) is 9.37 Å². The maximum Gasteiger partial charge on any atom is 0.265 e. The van der Waals surface area contributed by atoms with E-state index in [1.165, 1.54) is 42.7 Å². The Labute approximate surface area is 205 Å². The second kappa shape index (κ2) is 11.4. The quantitative estimate of drug-likeness (QED) is 0.632. The third-order valence-corrected chi connectivity index (χ3v) is 8.40. The number of piperidine rings is 2. The summed E-state index contributed by atoms with van der Waals surface area (Å²) in [5.74, 6) is 0.0794. The second-order valence-electron chi connectivity index (χ2n) is 9.55. The van der Waals surface area contributed by atoms with E-state index in [9.17, 15) is 14.0 Å². The molecular formula is C26H35FN4O2S. The Morgan fingerprint density at radius 2 is 1.79 bits per heavy atom. The monoisotopic (exact) mass is 486 g/mol. The van der Waals surface area contributed by atoms with Crippen molar-refractivity contribution in [3.63, 3.8) is 0 Å². The highest BCUT2D eigenvalue weighted by Gasteiger charge is 2.31. The minimum absolute atomic E-state index is 0.000415. The molecule has 2 saturated heterocycles. The number of nitrogens with one attached hydrogen (secondary N) is 1. The minimum atomic E-state index is -0.291. The van der Waals surface area contributed by atoms with Crippen LogP contribution in [0.5, 0.6) is 0 Å². The number of nitrogens with zero attached hydrogens (tertiary/aromatic N) is 3. The first-order valence-electron chi connectivity index (χ1n) is 12.4. The van der Waals surface area contributed by atoms with Crippen LogP contribution in [0.1, 0.15) is 54.4 Å². The Kier molecular flexibility index (Phi) is 8.32. The molecule has 0 saturated carbocycles. The Bertz CT molecular complexity index is 979. The summed E-state index contributed by atoms with van der Waals surface area (Å²) in [4.78, 5) is 35.4. The van der Waals surface area contributed by atoms with E-state index in [4.69, 9.17) is 0 Å². The molecular weight excluding hydrogens is 451 g/mol. The fourth-order valence-electron chi connectivity index (χ4n) is 4.95. The number of carbonyl (C=O) groups excluding carboxylic acids is 2. The number of likely N-dealkylation sites (tertiary alicyclic amines) is 2. The van der Waals surface area contributed by atoms with E-state index in [1.807, 2.05) is 18.7 Å². The van der Waals surface area contributed by atoms with Gasteiger partial charge in [0.05, 0.1) is 5.69 Å². The SMILES string of the molecule is Cc1nc(-c2ccc(F)cc2)sc1C(=O)N1CCC([C@@H](C)C(=O)NCCN2CCCCC2)CC1. The normalized spacial score (nSPS) is 18.6. The lowest BCUT2D eigenvalue weighted by atomic mass is 9.85. The number of benzene rings is 1. The number of amides is 2. The van der Waals surface area contributed by atoms with E-state index >= 15 is 0 Å². The van der Waals surface area contributed by atoms with E-state index in [0.29, 0.717) is 30.2 Å². The maximum atomic E-state index is 13.2. The van der Waals surface area contributed by atoms with Gasteiger partial charge in [0.25, 0.3) is 5.91 Å². The summed E-state index contributed by atoms with van der Waals surface area (Å²) in [5, 5.41) is 3.85. The van der Waals surface area contributed by atoms with Gasteiger partial charge in [-0.3, -0.25) is 9.59 Å². The third-order valence-electron chi connectivity index (χ3n) is 7.21. The molecule has 3 heterocycles. The molecule has 2 amide bonds. The minimum Gasteiger partial charge on any atom is -0.355 e. The van der Waals surface area contributed by atoms with Gasteiger partial charge >= 0.3 is 0 Å². The smallest absolute Gasteiger partial charge is 0.265 e. The molecule has 1 atom stereocenters. The zero-order valence-electron chi connectivity index (χ0n) is 20.2. The highest BCUT2D eigenvalue weighted by atomic mass is 32.1. The van der Waals surface area contributed by atoms with Crippen molar-refractivity contribution in [3.05, 3.63) is 40.7 Å². The van der Waals surface area contributed by atoms with Crippen molar-refractivity contribution in [1.29, 1.82) is 0 Å². The standard InChI is InChI=1S/C26H35FN4O2S/c1-18(24(32)28-12-17-30-13-4-3-5-14-30)20-10-15-31(16-11-20)26(33)23-19(2)29-25(34-23)21-6-8-22(27)9-7-21/h6-9,18,20H,3-5,10-17H2,1-2H3,(H,28,32)/t18-/m1/s1. The van der Waals surface area contributed by atoms with Crippen molar-refractivity contribution in [2.75, 3.05) is 39.3 Å². The average molecular weight is 487 g/mol. The summed E-state index contributed by atoms with van der Waals surface area (Å²) in [5.41, 5.74) is 1.52. The Morgan fingerprint density at radius 3 is 2.47 bits per heavy atom. The molecule has 1 aromatic carbocycles. The number of hydrogen-bond acceptors (Lipinski definition) is 5. The molecule has 184 valence electrons. The first-order chi connectivity index (χ1) is 16.4. The van der Waals surface area contributed by atoms with Gasteiger partial charge in [-0.2, -0.15) is 0 Å². The van der Waals surface area contributed by atoms with Gasteiger partial charge < -0.3 is 15.1 Å². The Morgan fingerprint density at radius 1 is 1.12 bits per heavy atom. The molecule has 2 aliphatic rings. The fraction of sp³-hybridized carbons (Fsp3) is 0.577. The highest BCUT2D eigenvalue weighted by molar-refractivity contribution is 7.17. The van der Waals surface area contributed by atoms with Crippen molar-refractivity contribution >= 4 is 23.2 Å². The summed E-state index contributed by atoms with van der Waals surface area (Å²) >= 11 is 1.36. The van der Waals surface area contributed by atoms with Gasteiger partial charge in [0.1, 0.15) is 15.7 Å². The second-order valence-corrected chi connectivity index (χ2v) is 10.6. The highest BCUT2D eigenvalue weighted by Crippen LogP contribution is 2.31. The molecule has 0 radical (unpaired) electrons. The Balaban J connectivity index is 1.26. The lowest BCUT2D eigenvalue weighted by Crippen LogP contribution is -2.44. The third kappa shape index (κ3) is 6.02. The molecule has 6 nitrogen and oxygen atoms in total. The fourth-order valence-corrected chi connectivity index (χ4v) is 5.99. The van der Waals surface area contributed by atoms with Crippen molar-refractivity contribution < 1.29 is 14.0 Å². The molecule has 0 spiro atoms. The van der Waals surface area contributed by atoms with Crippen LogP contribution in [0, 0.1) is 24.6 Å². The van der Waals surface area contributed by atoms with E-state index < -0.39 is 0 Å². The molecule has 4 rings (SSSR count). The lowest BCUT2D eigenvalue weighted by Gasteiger charge is -2.34. The van der Waals surface area contributed by atoms with Crippen molar-refractivity contribution in [3.8, 4) is 10.6 Å². The molecule has 1 aromatic heterocycles.